The first kappa shape index (κ1) is 18.7. The second-order valence-electron chi connectivity index (χ2n) is 4.78. The van der Waals surface area contributed by atoms with Crippen LogP contribution in [0, 0.1) is 0 Å². The standard InChI is InChI=1S/C16H17Cl2NO4S/c1-4-19(11-5-7-15(22-2)13(17)9-11)24(20,21)12-6-8-16(23-3)14(18)10-12/h5-10H,4H2,1-3H3. The van der Waals surface area contributed by atoms with Gasteiger partial charge in [-0.1, -0.05) is 23.2 Å². The molecule has 2 rings (SSSR count). The lowest BCUT2D eigenvalue weighted by Gasteiger charge is -2.23. The fraction of sp³-hybridized carbons (Fsp3) is 0.250. The zero-order chi connectivity index (χ0) is 17.9. The highest BCUT2D eigenvalue weighted by molar-refractivity contribution is 7.92. The van der Waals surface area contributed by atoms with Crippen LogP contribution in [0.4, 0.5) is 5.69 Å². The molecule has 0 atom stereocenters. The summed E-state index contributed by atoms with van der Waals surface area (Å²) in [4.78, 5) is 0.0714. The summed E-state index contributed by atoms with van der Waals surface area (Å²) >= 11 is 12.2. The molecule has 2 aromatic rings. The lowest BCUT2D eigenvalue weighted by Crippen LogP contribution is -2.30. The predicted molar refractivity (Wildman–Crippen MR) is 96.2 cm³/mol. The number of hydrogen-bond donors (Lipinski definition) is 0. The van der Waals surface area contributed by atoms with Crippen molar-refractivity contribution >= 4 is 38.9 Å². The minimum atomic E-state index is -3.79. The van der Waals surface area contributed by atoms with Gasteiger partial charge in [0.25, 0.3) is 10.0 Å². The largest absolute Gasteiger partial charge is 0.495 e. The number of hydrogen-bond acceptors (Lipinski definition) is 4. The summed E-state index contributed by atoms with van der Waals surface area (Å²) in [6.45, 7) is 1.97. The molecule has 2 aromatic carbocycles. The number of anilines is 1. The average Bonchev–Trinajstić information content (AvgIpc) is 2.55. The van der Waals surface area contributed by atoms with E-state index in [2.05, 4.69) is 0 Å². The fourth-order valence-electron chi connectivity index (χ4n) is 2.24. The van der Waals surface area contributed by atoms with Crippen LogP contribution in [0.25, 0.3) is 0 Å². The summed E-state index contributed by atoms with van der Waals surface area (Å²) in [5.74, 6) is 0.882. The smallest absolute Gasteiger partial charge is 0.264 e. The highest BCUT2D eigenvalue weighted by Gasteiger charge is 2.25. The molecule has 0 radical (unpaired) electrons. The molecular formula is C16H17Cl2NO4S. The number of methoxy groups -OCH3 is 2. The Balaban J connectivity index is 2.49. The van der Waals surface area contributed by atoms with Crippen LogP contribution in [0.1, 0.15) is 6.92 Å². The van der Waals surface area contributed by atoms with Gasteiger partial charge >= 0.3 is 0 Å². The highest BCUT2D eigenvalue weighted by Crippen LogP contribution is 2.33. The van der Waals surface area contributed by atoms with Crippen LogP contribution >= 0.6 is 23.2 Å². The molecule has 0 fully saturated rings. The molecule has 0 amide bonds. The molecule has 0 N–H and O–H groups in total. The van der Waals surface area contributed by atoms with Crippen LogP contribution in [0.15, 0.2) is 41.3 Å². The third kappa shape index (κ3) is 3.55. The molecule has 130 valence electrons. The van der Waals surface area contributed by atoms with Gasteiger partial charge in [-0.2, -0.15) is 0 Å². The molecule has 24 heavy (non-hydrogen) atoms. The minimum Gasteiger partial charge on any atom is -0.495 e. The maximum absolute atomic E-state index is 12.9. The van der Waals surface area contributed by atoms with E-state index in [1.54, 1.807) is 25.1 Å². The quantitative estimate of drug-likeness (QED) is 0.741. The van der Waals surface area contributed by atoms with E-state index in [0.29, 0.717) is 22.2 Å². The number of halogens is 2. The lowest BCUT2D eigenvalue weighted by molar-refractivity contribution is 0.414. The number of benzene rings is 2. The van der Waals surface area contributed by atoms with Gasteiger partial charge in [-0.3, -0.25) is 4.31 Å². The number of ether oxygens (including phenoxy) is 2. The van der Waals surface area contributed by atoms with Crippen LogP contribution in [0.3, 0.4) is 0 Å². The first-order valence-corrected chi connectivity index (χ1v) is 9.24. The molecule has 0 aliphatic rings. The topological polar surface area (TPSA) is 55.8 Å². The third-order valence-corrected chi connectivity index (χ3v) is 5.91. The zero-order valence-electron chi connectivity index (χ0n) is 13.4. The molecule has 8 heteroatoms. The molecule has 0 aromatic heterocycles. The molecule has 5 nitrogen and oxygen atoms in total. The van der Waals surface area contributed by atoms with Gasteiger partial charge in [-0.05, 0) is 43.3 Å². The Morgan fingerprint density at radius 2 is 1.50 bits per heavy atom. The van der Waals surface area contributed by atoms with Crippen molar-refractivity contribution in [2.75, 3.05) is 25.1 Å². The average molecular weight is 390 g/mol. The molecule has 0 unspecified atom stereocenters. The summed E-state index contributed by atoms with van der Waals surface area (Å²) in [7, 11) is -0.834. The molecule has 0 aliphatic carbocycles. The number of sulfonamides is 1. The maximum Gasteiger partial charge on any atom is 0.264 e. The highest BCUT2D eigenvalue weighted by atomic mass is 35.5. The second-order valence-corrected chi connectivity index (χ2v) is 7.46. The lowest BCUT2D eigenvalue weighted by atomic mass is 10.3. The van der Waals surface area contributed by atoms with Crippen LogP contribution < -0.4 is 13.8 Å². The summed E-state index contributed by atoms with van der Waals surface area (Å²) in [5.41, 5.74) is 0.440. The third-order valence-electron chi connectivity index (χ3n) is 3.42. The first-order chi connectivity index (χ1) is 11.3. The predicted octanol–water partition coefficient (Wildman–Crippen LogP) is 4.23. The Kier molecular flexibility index (Phi) is 5.85. The van der Waals surface area contributed by atoms with Crippen molar-refractivity contribution in [1.29, 1.82) is 0 Å². The molecular weight excluding hydrogens is 373 g/mol. The van der Waals surface area contributed by atoms with E-state index in [4.69, 9.17) is 32.7 Å². The SMILES string of the molecule is CCN(c1ccc(OC)c(Cl)c1)S(=O)(=O)c1ccc(OC)c(Cl)c1. The van der Waals surface area contributed by atoms with Crippen LogP contribution in [-0.2, 0) is 10.0 Å². The minimum absolute atomic E-state index is 0.0714. The van der Waals surface area contributed by atoms with Gasteiger partial charge in [0.15, 0.2) is 0 Å². The summed E-state index contributed by atoms with van der Waals surface area (Å²) in [5, 5.41) is 0.554. The van der Waals surface area contributed by atoms with Gasteiger partial charge in [-0.25, -0.2) is 8.42 Å². The van der Waals surface area contributed by atoms with E-state index in [1.807, 2.05) is 0 Å². The zero-order valence-corrected chi connectivity index (χ0v) is 15.7. The van der Waals surface area contributed by atoms with Gasteiger partial charge in [0.2, 0.25) is 0 Å². The van der Waals surface area contributed by atoms with E-state index < -0.39 is 10.0 Å². The van der Waals surface area contributed by atoms with E-state index in [-0.39, 0.29) is 16.5 Å². The van der Waals surface area contributed by atoms with Crippen molar-refractivity contribution in [2.45, 2.75) is 11.8 Å². The van der Waals surface area contributed by atoms with Crippen LogP contribution in [0.2, 0.25) is 10.0 Å². The molecule has 0 aliphatic heterocycles. The summed E-state index contributed by atoms with van der Waals surface area (Å²) in [6.07, 6.45) is 0. The summed E-state index contributed by atoms with van der Waals surface area (Å²) < 4.78 is 37.3. The van der Waals surface area contributed by atoms with Crippen molar-refractivity contribution in [3.8, 4) is 11.5 Å². The Hall–Kier alpha value is -1.63. The van der Waals surface area contributed by atoms with E-state index in [1.165, 1.54) is 36.7 Å². The van der Waals surface area contributed by atoms with Crippen LogP contribution in [-0.4, -0.2) is 29.2 Å². The van der Waals surface area contributed by atoms with Crippen LogP contribution in [0.5, 0.6) is 11.5 Å². The monoisotopic (exact) mass is 389 g/mol. The number of nitrogens with zero attached hydrogens (tertiary/aromatic N) is 1. The van der Waals surface area contributed by atoms with Crippen molar-refractivity contribution in [2.24, 2.45) is 0 Å². The Morgan fingerprint density at radius 1 is 0.958 bits per heavy atom. The van der Waals surface area contributed by atoms with Gasteiger partial charge < -0.3 is 9.47 Å². The fourth-order valence-corrected chi connectivity index (χ4v) is 4.30. The van der Waals surface area contributed by atoms with E-state index in [0.717, 1.165) is 0 Å². The molecule has 0 bridgehead atoms. The Morgan fingerprint density at radius 3 is 1.96 bits per heavy atom. The van der Waals surface area contributed by atoms with Crippen molar-refractivity contribution < 1.29 is 17.9 Å². The second kappa shape index (κ2) is 7.51. The van der Waals surface area contributed by atoms with Gasteiger partial charge in [0.1, 0.15) is 11.5 Å². The molecule has 0 spiro atoms. The molecule has 0 heterocycles. The maximum atomic E-state index is 12.9. The number of rotatable bonds is 6. The van der Waals surface area contributed by atoms with Gasteiger partial charge in [0.05, 0.1) is 34.8 Å². The van der Waals surface area contributed by atoms with Gasteiger partial charge in [0, 0.05) is 6.54 Å². The Labute approximate surface area is 151 Å². The Bertz CT molecular complexity index is 840. The van der Waals surface area contributed by atoms with Crippen molar-refractivity contribution in [3.63, 3.8) is 0 Å². The van der Waals surface area contributed by atoms with Crippen molar-refractivity contribution in [3.05, 3.63) is 46.4 Å². The summed E-state index contributed by atoms with van der Waals surface area (Å²) in [6, 6.07) is 9.14. The molecule has 0 saturated heterocycles. The normalized spacial score (nSPS) is 11.2. The van der Waals surface area contributed by atoms with Gasteiger partial charge in [-0.15, -0.1) is 0 Å². The van der Waals surface area contributed by atoms with E-state index in [9.17, 15) is 8.42 Å². The van der Waals surface area contributed by atoms with E-state index >= 15 is 0 Å². The molecule has 0 saturated carbocycles. The van der Waals surface area contributed by atoms with Crippen molar-refractivity contribution in [1.82, 2.24) is 0 Å². The first-order valence-electron chi connectivity index (χ1n) is 7.05.